The van der Waals surface area contributed by atoms with Crippen molar-refractivity contribution in [3.63, 3.8) is 0 Å². The Morgan fingerprint density at radius 1 is 1.15 bits per heavy atom. The van der Waals surface area contributed by atoms with Crippen LogP contribution in [0.1, 0.15) is 19.4 Å². The Hall–Kier alpha value is -1.48. The molecule has 0 radical (unpaired) electrons. The van der Waals surface area contributed by atoms with Gasteiger partial charge in [-0.15, -0.1) is 11.8 Å². The Kier molecular flexibility index (Phi) is 5.48. The average Bonchev–Trinajstić information content (AvgIpc) is 2.45. The second-order valence-corrected chi connectivity index (χ2v) is 6.31. The number of amides is 1. The van der Waals surface area contributed by atoms with Crippen LogP contribution >= 0.6 is 11.8 Å². The second kappa shape index (κ2) is 7.34. The third-order valence-electron chi connectivity index (χ3n) is 3.08. The van der Waals surface area contributed by atoms with Gasteiger partial charge < -0.3 is 5.32 Å². The predicted octanol–water partition coefficient (Wildman–Crippen LogP) is 3.85. The Balaban J connectivity index is 1.88. The summed E-state index contributed by atoms with van der Waals surface area (Å²) < 4.78 is 0. The Bertz CT molecular complexity index is 575. The van der Waals surface area contributed by atoms with Gasteiger partial charge in [-0.3, -0.25) is 4.79 Å². The number of rotatable bonds is 6. The van der Waals surface area contributed by atoms with Crippen LogP contribution in [0.5, 0.6) is 0 Å². The maximum absolute atomic E-state index is 11.7. The first-order valence-corrected chi connectivity index (χ1v) is 8.13. The lowest BCUT2D eigenvalue weighted by Gasteiger charge is -2.08. The molecule has 0 fully saturated rings. The van der Waals surface area contributed by atoms with Gasteiger partial charge in [0, 0.05) is 12.3 Å². The van der Waals surface area contributed by atoms with Gasteiger partial charge in [0.25, 0.3) is 0 Å². The third-order valence-corrected chi connectivity index (χ3v) is 4.06. The first-order valence-electron chi connectivity index (χ1n) is 6.98. The van der Waals surface area contributed by atoms with Crippen LogP contribution in [0.4, 0.5) is 0 Å². The van der Waals surface area contributed by atoms with Gasteiger partial charge in [-0.05, 0) is 22.3 Å². The van der Waals surface area contributed by atoms with Crippen molar-refractivity contribution >= 4 is 28.4 Å². The molecule has 0 aliphatic heterocycles. The molecule has 1 N–H and O–H groups in total. The molecule has 0 atom stereocenters. The summed E-state index contributed by atoms with van der Waals surface area (Å²) in [6.07, 6.45) is 0. The van der Waals surface area contributed by atoms with E-state index < -0.39 is 0 Å². The summed E-state index contributed by atoms with van der Waals surface area (Å²) in [7, 11) is 0. The van der Waals surface area contributed by atoms with Crippen LogP contribution in [-0.2, 0) is 10.5 Å². The number of hydrogen-bond acceptors (Lipinski definition) is 2. The lowest BCUT2D eigenvalue weighted by molar-refractivity contribution is -0.118. The van der Waals surface area contributed by atoms with Gasteiger partial charge in [0.2, 0.25) is 5.91 Å². The highest BCUT2D eigenvalue weighted by atomic mass is 32.2. The molecule has 20 heavy (non-hydrogen) atoms. The molecule has 0 saturated heterocycles. The molecule has 0 spiro atoms. The molecule has 0 saturated carbocycles. The first-order chi connectivity index (χ1) is 9.66. The molecule has 0 aliphatic rings. The van der Waals surface area contributed by atoms with Crippen LogP contribution < -0.4 is 5.32 Å². The van der Waals surface area contributed by atoms with Gasteiger partial charge in [-0.25, -0.2) is 0 Å². The largest absolute Gasteiger partial charge is 0.355 e. The molecule has 0 aliphatic carbocycles. The van der Waals surface area contributed by atoms with Gasteiger partial charge in [-0.1, -0.05) is 56.3 Å². The quantitative estimate of drug-likeness (QED) is 0.874. The monoisotopic (exact) mass is 287 g/mol. The summed E-state index contributed by atoms with van der Waals surface area (Å²) in [6, 6.07) is 14.7. The van der Waals surface area contributed by atoms with Crippen LogP contribution in [0.15, 0.2) is 42.5 Å². The lowest BCUT2D eigenvalue weighted by atomic mass is 10.1. The van der Waals surface area contributed by atoms with E-state index >= 15 is 0 Å². The Morgan fingerprint density at radius 2 is 1.90 bits per heavy atom. The predicted molar refractivity (Wildman–Crippen MR) is 88.0 cm³/mol. The normalized spacial score (nSPS) is 10.9. The zero-order valence-corrected chi connectivity index (χ0v) is 12.9. The molecular weight excluding hydrogens is 266 g/mol. The van der Waals surface area contributed by atoms with Crippen LogP contribution in [0, 0.1) is 5.92 Å². The third kappa shape index (κ3) is 4.27. The fourth-order valence-corrected chi connectivity index (χ4v) is 2.90. The van der Waals surface area contributed by atoms with E-state index in [0.717, 1.165) is 12.3 Å². The number of nitrogens with one attached hydrogen (secondary N) is 1. The van der Waals surface area contributed by atoms with Crippen molar-refractivity contribution in [2.24, 2.45) is 5.92 Å². The summed E-state index contributed by atoms with van der Waals surface area (Å²) in [5.41, 5.74) is 1.30. The summed E-state index contributed by atoms with van der Waals surface area (Å²) in [6.45, 7) is 4.96. The summed E-state index contributed by atoms with van der Waals surface area (Å²) in [4.78, 5) is 11.7. The molecule has 3 heteroatoms. The summed E-state index contributed by atoms with van der Waals surface area (Å²) in [5, 5.41) is 5.49. The number of benzene rings is 2. The summed E-state index contributed by atoms with van der Waals surface area (Å²) >= 11 is 1.67. The molecule has 2 nitrogen and oxygen atoms in total. The van der Waals surface area contributed by atoms with E-state index in [4.69, 9.17) is 0 Å². The van der Waals surface area contributed by atoms with Crippen molar-refractivity contribution in [3.05, 3.63) is 48.0 Å². The van der Waals surface area contributed by atoms with Crippen molar-refractivity contribution in [1.82, 2.24) is 5.32 Å². The minimum absolute atomic E-state index is 0.129. The van der Waals surface area contributed by atoms with Crippen LogP contribution in [0.3, 0.4) is 0 Å². The van der Waals surface area contributed by atoms with Crippen LogP contribution in [0.25, 0.3) is 10.8 Å². The molecule has 2 aromatic rings. The maximum Gasteiger partial charge on any atom is 0.230 e. The molecule has 0 unspecified atom stereocenters. The van der Waals surface area contributed by atoms with Gasteiger partial charge in [-0.2, -0.15) is 0 Å². The van der Waals surface area contributed by atoms with E-state index in [0.29, 0.717) is 11.7 Å². The van der Waals surface area contributed by atoms with Gasteiger partial charge in [0.15, 0.2) is 0 Å². The average molecular weight is 287 g/mol. The number of fused-ring (bicyclic) bond motifs is 1. The number of carbonyl (C=O) groups excluding carboxylic acids is 1. The minimum Gasteiger partial charge on any atom is -0.355 e. The van der Waals surface area contributed by atoms with Crippen molar-refractivity contribution < 1.29 is 4.79 Å². The number of thioether (sulfide) groups is 1. The van der Waals surface area contributed by atoms with Crippen molar-refractivity contribution in [1.29, 1.82) is 0 Å². The SMILES string of the molecule is CC(C)CNC(=O)CSCc1cccc2ccccc12. The maximum atomic E-state index is 11.7. The van der Waals surface area contributed by atoms with Crippen LogP contribution in [-0.4, -0.2) is 18.2 Å². The second-order valence-electron chi connectivity index (χ2n) is 5.33. The Morgan fingerprint density at radius 3 is 2.70 bits per heavy atom. The van der Waals surface area contributed by atoms with Crippen molar-refractivity contribution in [2.75, 3.05) is 12.3 Å². The highest BCUT2D eigenvalue weighted by Crippen LogP contribution is 2.22. The molecular formula is C17H21NOS. The van der Waals surface area contributed by atoms with Crippen molar-refractivity contribution in [2.45, 2.75) is 19.6 Å². The molecule has 106 valence electrons. The summed E-state index contributed by atoms with van der Waals surface area (Å²) in [5.74, 6) is 2.03. The molecule has 0 bridgehead atoms. The smallest absolute Gasteiger partial charge is 0.230 e. The van der Waals surface area contributed by atoms with Crippen molar-refractivity contribution in [3.8, 4) is 0 Å². The molecule has 1 amide bonds. The molecule has 0 heterocycles. The van der Waals surface area contributed by atoms with Gasteiger partial charge in [0.05, 0.1) is 5.75 Å². The molecule has 2 rings (SSSR count). The number of carbonyl (C=O) groups is 1. The van der Waals surface area contributed by atoms with E-state index in [1.807, 2.05) is 0 Å². The lowest BCUT2D eigenvalue weighted by Crippen LogP contribution is -2.28. The van der Waals surface area contributed by atoms with E-state index in [1.165, 1.54) is 16.3 Å². The Labute approximate surface area is 125 Å². The standard InChI is InChI=1S/C17H21NOS/c1-13(2)10-18-17(19)12-20-11-15-8-5-7-14-6-3-4-9-16(14)15/h3-9,13H,10-12H2,1-2H3,(H,18,19). The van der Waals surface area contributed by atoms with E-state index in [1.54, 1.807) is 11.8 Å². The van der Waals surface area contributed by atoms with Crippen LogP contribution in [0.2, 0.25) is 0 Å². The fraction of sp³-hybridized carbons (Fsp3) is 0.353. The van der Waals surface area contributed by atoms with Gasteiger partial charge in [0.1, 0.15) is 0 Å². The van der Waals surface area contributed by atoms with E-state index in [9.17, 15) is 4.79 Å². The molecule has 2 aromatic carbocycles. The number of hydrogen-bond donors (Lipinski definition) is 1. The van der Waals surface area contributed by atoms with E-state index in [2.05, 4.69) is 61.6 Å². The zero-order valence-electron chi connectivity index (χ0n) is 12.1. The van der Waals surface area contributed by atoms with E-state index in [-0.39, 0.29) is 5.91 Å². The minimum atomic E-state index is 0.129. The van der Waals surface area contributed by atoms with Gasteiger partial charge >= 0.3 is 0 Å². The zero-order chi connectivity index (χ0) is 14.4. The highest BCUT2D eigenvalue weighted by molar-refractivity contribution is 7.99. The molecule has 0 aromatic heterocycles. The first kappa shape index (κ1) is 14.9. The topological polar surface area (TPSA) is 29.1 Å². The highest BCUT2D eigenvalue weighted by Gasteiger charge is 2.04. The fourth-order valence-electron chi connectivity index (χ4n) is 2.04.